The van der Waals surface area contributed by atoms with Crippen LogP contribution in [0.5, 0.6) is 0 Å². The van der Waals surface area contributed by atoms with E-state index in [0.29, 0.717) is 31.8 Å². The Balaban J connectivity index is 1.30. The molecule has 2 aliphatic rings. The first-order chi connectivity index (χ1) is 14.2. The van der Waals surface area contributed by atoms with Gasteiger partial charge < -0.3 is 14.3 Å². The molecule has 0 bridgehead atoms. The molecule has 0 spiro atoms. The van der Waals surface area contributed by atoms with E-state index < -0.39 is 0 Å². The number of carbonyl (C=O) groups excluding carboxylic acids is 1. The molecular formula is C22H22N4O3. The summed E-state index contributed by atoms with van der Waals surface area (Å²) in [7, 11) is 0. The normalized spacial score (nSPS) is 15.2. The first kappa shape index (κ1) is 17.8. The van der Waals surface area contributed by atoms with Gasteiger partial charge in [-0.2, -0.15) is 0 Å². The van der Waals surface area contributed by atoms with E-state index in [9.17, 15) is 9.59 Å². The number of aryl methyl sites for hydroxylation is 4. The van der Waals surface area contributed by atoms with Crippen molar-refractivity contribution in [2.45, 2.75) is 45.1 Å². The highest BCUT2D eigenvalue weighted by Gasteiger charge is 2.28. The van der Waals surface area contributed by atoms with Crippen molar-refractivity contribution in [3.05, 3.63) is 80.7 Å². The van der Waals surface area contributed by atoms with E-state index in [0.717, 1.165) is 54.0 Å². The summed E-state index contributed by atoms with van der Waals surface area (Å²) in [6.07, 6.45) is 8.54. The van der Waals surface area contributed by atoms with Gasteiger partial charge in [0.25, 0.3) is 11.5 Å². The topological polar surface area (TPSA) is 92.1 Å². The van der Waals surface area contributed by atoms with Crippen molar-refractivity contribution in [2.75, 3.05) is 6.54 Å². The average Bonchev–Trinajstić information content (AvgIpc) is 3.37. The Kier molecular flexibility index (Phi) is 4.50. The van der Waals surface area contributed by atoms with Crippen LogP contribution >= 0.6 is 0 Å². The number of aromatic amines is 1. The SMILES string of the molecule is O=C(c1cc2c([nH]c1=O)CCC2)N1CCc2oc(CCc3cccnc3)nc2C1. The quantitative estimate of drug-likeness (QED) is 0.738. The fourth-order valence-corrected chi connectivity index (χ4v) is 4.17. The molecule has 1 aliphatic carbocycles. The third-order valence-electron chi connectivity index (χ3n) is 5.73. The molecule has 0 atom stereocenters. The highest BCUT2D eigenvalue weighted by Crippen LogP contribution is 2.23. The summed E-state index contributed by atoms with van der Waals surface area (Å²) in [6.45, 7) is 0.903. The Hall–Kier alpha value is -3.22. The van der Waals surface area contributed by atoms with Crippen molar-refractivity contribution in [1.82, 2.24) is 19.9 Å². The van der Waals surface area contributed by atoms with Crippen LogP contribution in [0.3, 0.4) is 0 Å². The zero-order chi connectivity index (χ0) is 19.8. The number of amides is 1. The summed E-state index contributed by atoms with van der Waals surface area (Å²) in [4.78, 5) is 38.7. The largest absolute Gasteiger partial charge is 0.445 e. The number of H-pyrrole nitrogens is 1. The second-order valence-electron chi connectivity index (χ2n) is 7.68. The van der Waals surface area contributed by atoms with Crippen molar-refractivity contribution < 1.29 is 9.21 Å². The predicted molar refractivity (Wildman–Crippen MR) is 106 cm³/mol. The molecule has 5 rings (SSSR count). The smallest absolute Gasteiger partial charge is 0.261 e. The van der Waals surface area contributed by atoms with E-state index in [1.54, 1.807) is 17.2 Å². The lowest BCUT2D eigenvalue weighted by molar-refractivity contribution is 0.0726. The van der Waals surface area contributed by atoms with Gasteiger partial charge in [0, 0.05) is 37.5 Å². The van der Waals surface area contributed by atoms with Crippen LogP contribution in [0.1, 0.15) is 50.9 Å². The highest BCUT2D eigenvalue weighted by atomic mass is 16.4. The van der Waals surface area contributed by atoms with E-state index >= 15 is 0 Å². The first-order valence-corrected chi connectivity index (χ1v) is 10.1. The van der Waals surface area contributed by atoms with Crippen molar-refractivity contribution in [3.63, 3.8) is 0 Å². The maximum Gasteiger partial charge on any atom is 0.261 e. The number of pyridine rings is 2. The van der Waals surface area contributed by atoms with E-state index in [4.69, 9.17) is 4.42 Å². The second kappa shape index (κ2) is 7.31. The molecule has 1 aliphatic heterocycles. The van der Waals surface area contributed by atoms with E-state index in [-0.39, 0.29) is 17.0 Å². The molecule has 0 aromatic carbocycles. The number of hydrogen-bond donors (Lipinski definition) is 1. The summed E-state index contributed by atoms with van der Waals surface area (Å²) >= 11 is 0. The summed E-state index contributed by atoms with van der Waals surface area (Å²) in [6, 6.07) is 5.73. The maximum atomic E-state index is 13.0. The minimum atomic E-state index is -0.293. The fraction of sp³-hybridized carbons (Fsp3) is 0.364. The number of aromatic nitrogens is 3. The van der Waals surface area contributed by atoms with Gasteiger partial charge in [0.1, 0.15) is 17.0 Å². The molecule has 1 N–H and O–H groups in total. The lowest BCUT2D eigenvalue weighted by Crippen LogP contribution is -2.38. The monoisotopic (exact) mass is 390 g/mol. The zero-order valence-electron chi connectivity index (χ0n) is 16.1. The molecule has 29 heavy (non-hydrogen) atoms. The number of hydrogen-bond acceptors (Lipinski definition) is 5. The molecule has 0 fully saturated rings. The molecule has 0 unspecified atom stereocenters. The van der Waals surface area contributed by atoms with Gasteiger partial charge in [0.2, 0.25) is 0 Å². The van der Waals surface area contributed by atoms with Gasteiger partial charge in [-0.25, -0.2) is 4.98 Å². The van der Waals surface area contributed by atoms with E-state index in [1.165, 1.54) is 0 Å². The standard InChI is InChI=1S/C22H22N4O3/c27-21-16(11-15-4-1-5-17(15)25-21)22(28)26-10-8-19-18(13-26)24-20(29-19)7-6-14-3-2-9-23-12-14/h2-3,9,11-12H,1,4-8,10,13H2,(H,25,27). The van der Waals surface area contributed by atoms with Crippen LogP contribution < -0.4 is 5.56 Å². The third-order valence-corrected chi connectivity index (χ3v) is 5.73. The van der Waals surface area contributed by atoms with Crippen molar-refractivity contribution in [2.24, 2.45) is 0 Å². The minimum absolute atomic E-state index is 0.230. The summed E-state index contributed by atoms with van der Waals surface area (Å²) in [5.41, 5.74) is 3.93. The van der Waals surface area contributed by atoms with Crippen LogP contribution in [-0.2, 0) is 38.6 Å². The fourth-order valence-electron chi connectivity index (χ4n) is 4.17. The molecule has 7 nitrogen and oxygen atoms in total. The molecule has 0 radical (unpaired) electrons. The Morgan fingerprint density at radius 1 is 1.24 bits per heavy atom. The van der Waals surface area contributed by atoms with Crippen LogP contribution in [0.2, 0.25) is 0 Å². The van der Waals surface area contributed by atoms with Crippen molar-refractivity contribution in [3.8, 4) is 0 Å². The Morgan fingerprint density at radius 3 is 3.03 bits per heavy atom. The molecule has 148 valence electrons. The van der Waals surface area contributed by atoms with Gasteiger partial charge in [-0.3, -0.25) is 14.6 Å². The van der Waals surface area contributed by atoms with Gasteiger partial charge in [-0.15, -0.1) is 0 Å². The lowest BCUT2D eigenvalue weighted by Gasteiger charge is -2.25. The molecule has 0 saturated heterocycles. The van der Waals surface area contributed by atoms with Gasteiger partial charge in [0.05, 0.1) is 6.54 Å². The Morgan fingerprint density at radius 2 is 2.17 bits per heavy atom. The van der Waals surface area contributed by atoms with Gasteiger partial charge in [-0.1, -0.05) is 6.07 Å². The van der Waals surface area contributed by atoms with Crippen LogP contribution in [0.25, 0.3) is 0 Å². The third kappa shape index (κ3) is 3.48. The number of carbonyl (C=O) groups is 1. The minimum Gasteiger partial charge on any atom is -0.445 e. The van der Waals surface area contributed by atoms with Crippen molar-refractivity contribution >= 4 is 5.91 Å². The summed E-state index contributed by atoms with van der Waals surface area (Å²) in [5.74, 6) is 1.30. The average molecular weight is 390 g/mol. The summed E-state index contributed by atoms with van der Waals surface area (Å²) < 4.78 is 5.91. The van der Waals surface area contributed by atoms with Crippen LogP contribution in [0, 0.1) is 0 Å². The molecule has 3 aromatic heterocycles. The van der Waals surface area contributed by atoms with E-state index in [2.05, 4.69) is 15.0 Å². The van der Waals surface area contributed by atoms with Gasteiger partial charge in [0.15, 0.2) is 5.89 Å². The van der Waals surface area contributed by atoms with Gasteiger partial charge >= 0.3 is 0 Å². The van der Waals surface area contributed by atoms with Crippen molar-refractivity contribution in [1.29, 1.82) is 0 Å². The maximum absolute atomic E-state index is 13.0. The molecule has 1 amide bonds. The molecule has 7 heteroatoms. The number of oxazole rings is 1. The van der Waals surface area contributed by atoms with Crippen LogP contribution in [0.15, 0.2) is 39.8 Å². The van der Waals surface area contributed by atoms with Gasteiger partial charge in [-0.05, 0) is 48.9 Å². The summed E-state index contributed by atoms with van der Waals surface area (Å²) in [5, 5.41) is 0. The Labute approximate surface area is 167 Å². The highest BCUT2D eigenvalue weighted by molar-refractivity contribution is 5.94. The van der Waals surface area contributed by atoms with E-state index in [1.807, 2.05) is 18.3 Å². The number of nitrogens with zero attached hydrogens (tertiary/aromatic N) is 3. The zero-order valence-corrected chi connectivity index (χ0v) is 16.1. The van der Waals surface area contributed by atoms with Crippen LogP contribution in [0.4, 0.5) is 0 Å². The number of fused-ring (bicyclic) bond motifs is 2. The lowest BCUT2D eigenvalue weighted by atomic mass is 10.1. The Bertz CT molecular complexity index is 1120. The molecule has 0 saturated carbocycles. The number of rotatable bonds is 4. The molecule has 3 aromatic rings. The predicted octanol–water partition coefficient (Wildman–Crippen LogP) is 2.23. The molecular weight excluding hydrogens is 368 g/mol. The second-order valence-corrected chi connectivity index (χ2v) is 7.68. The molecule has 4 heterocycles. The first-order valence-electron chi connectivity index (χ1n) is 10.1. The van der Waals surface area contributed by atoms with Crippen LogP contribution in [-0.4, -0.2) is 32.3 Å². The number of nitrogens with one attached hydrogen (secondary N) is 1.